The van der Waals surface area contributed by atoms with E-state index in [0.29, 0.717) is 0 Å². The van der Waals surface area contributed by atoms with Crippen molar-refractivity contribution in [3.63, 3.8) is 0 Å². The minimum atomic E-state index is 0.889. The van der Waals surface area contributed by atoms with Crippen LogP contribution in [0.3, 0.4) is 0 Å². The van der Waals surface area contributed by atoms with Gasteiger partial charge < -0.3 is 0 Å². The summed E-state index contributed by atoms with van der Waals surface area (Å²) in [6.45, 7) is 1.88. The summed E-state index contributed by atoms with van der Waals surface area (Å²) < 4.78 is 6.36. The van der Waals surface area contributed by atoms with E-state index in [0.717, 1.165) is 5.82 Å². The predicted molar refractivity (Wildman–Crippen MR) is 22.4 cm³/mol. The highest BCUT2D eigenvalue weighted by atomic mass is 16.5. The summed E-state index contributed by atoms with van der Waals surface area (Å²) >= 11 is 0. The third-order valence-corrected chi connectivity index (χ3v) is 0.901. The Morgan fingerprint density at radius 2 is 2.57 bits per heavy atom. The molecule has 0 saturated heterocycles. The number of aryl methyl sites for hydroxylation is 2. The van der Waals surface area contributed by atoms with E-state index in [1.165, 1.54) is 0 Å². The van der Waals surface area contributed by atoms with Gasteiger partial charge in [0, 0.05) is 6.92 Å². The Morgan fingerprint density at radius 1 is 1.86 bits per heavy atom. The molecule has 1 aromatic rings. The van der Waals surface area contributed by atoms with Gasteiger partial charge in [0.1, 0.15) is 0 Å². The molecule has 0 aliphatic carbocycles. The number of nitrogens with zero attached hydrogens (tertiary/aromatic N) is 2. The molecule has 0 saturated carbocycles. The fraction of sp³-hybridized carbons (Fsp3) is 0.500. The van der Waals surface area contributed by atoms with Crippen molar-refractivity contribution in [3.8, 4) is 0 Å². The van der Waals surface area contributed by atoms with Crippen LogP contribution in [0.5, 0.6) is 0 Å². The molecule has 0 amide bonds. The van der Waals surface area contributed by atoms with Crippen molar-refractivity contribution in [3.05, 3.63) is 12.2 Å². The molecule has 0 atom stereocenters. The molecule has 1 heterocycles. The first kappa shape index (κ1) is 4.30. The van der Waals surface area contributed by atoms with Gasteiger partial charge in [0.2, 0.25) is 0 Å². The maximum Gasteiger partial charge on any atom is 0.345 e. The van der Waals surface area contributed by atoms with E-state index in [1.807, 2.05) is 14.0 Å². The molecule has 7 heavy (non-hydrogen) atoms. The Bertz CT molecular complexity index is 142. The first-order chi connectivity index (χ1) is 3.30. The standard InChI is InChI=1S/C4H7N2O/c1-4-5-7-3-6(4)2/h3H,1-2H3/q+1. The smallest absolute Gasteiger partial charge is 0.222 e. The summed E-state index contributed by atoms with van der Waals surface area (Å²) in [6, 6.07) is 0. The summed E-state index contributed by atoms with van der Waals surface area (Å²) in [6.07, 6.45) is 1.55. The quantitative estimate of drug-likeness (QED) is 0.422. The Kier molecular flexibility index (Phi) is 0.817. The van der Waals surface area contributed by atoms with Crippen LogP contribution in [-0.4, -0.2) is 5.16 Å². The largest absolute Gasteiger partial charge is 0.345 e. The fourth-order valence-corrected chi connectivity index (χ4v) is 0.311. The topological polar surface area (TPSA) is 29.9 Å². The fourth-order valence-electron chi connectivity index (χ4n) is 0.311. The van der Waals surface area contributed by atoms with Crippen molar-refractivity contribution in [2.45, 2.75) is 6.92 Å². The van der Waals surface area contributed by atoms with E-state index in [-0.39, 0.29) is 0 Å². The molecular weight excluding hydrogens is 92.1 g/mol. The second-order valence-corrected chi connectivity index (χ2v) is 1.46. The van der Waals surface area contributed by atoms with Crippen LogP contribution in [-0.2, 0) is 7.05 Å². The van der Waals surface area contributed by atoms with Gasteiger partial charge in [-0.1, -0.05) is 0 Å². The highest BCUT2D eigenvalue weighted by molar-refractivity contribution is 4.54. The first-order valence-corrected chi connectivity index (χ1v) is 2.07. The molecule has 0 fully saturated rings. The van der Waals surface area contributed by atoms with Crippen LogP contribution in [0.15, 0.2) is 10.9 Å². The lowest BCUT2D eigenvalue weighted by Gasteiger charge is -1.70. The highest BCUT2D eigenvalue weighted by Gasteiger charge is 2.01. The van der Waals surface area contributed by atoms with Crippen LogP contribution in [0.25, 0.3) is 0 Å². The zero-order valence-electron chi connectivity index (χ0n) is 4.38. The molecule has 1 aromatic heterocycles. The summed E-state index contributed by atoms with van der Waals surface area (Å²) in [5.41, 5.74) is 0. The molecule has 3 heteroatoms. The molecule has 0 radical (unpaired) electrons. The Labute approximate surface area is 41.6 Å². The van der Waals surface area contributed by atoms with Gasteiger partial charge in [0.15, 0.2) is 5.16 Å². The van der Waals surface area contributed by atoms with Gasteiger partial charge in [0.25, 0.3) is 0 Å². The van der Waals surface area contributed by atoms with Crippen LogP contribution in [0.1, 0.15) is 5.82 Å². The maximum absolute atomic E-state index is 4.56. The van der Waals surface area contributed by atoms with Crippen molar-refractivity contribution >= 4 is 0 Å². The van der Waals surface area contributed by atoms with Crippen LogP contribution < -0.4 is 4.57 Å². The van der Waals surface area contributed by atoms with E-state index in [1.54, 1.807) is 11.0 Å². The van der Waals surface area contributed by atoms with Crippen molar-refractivity contribution in [2.75, 3.05) is 0 Å². The third kappa shape index (κ3) is 0.607. The second kappa shape index (κ2) is 1.33. The molecule has 0 aliphatic heterocycles. The van der Waals surface area contributed by atoms with Gasteiger partial charge in [-0.15, -0.1) is 0 Å². The van der Waals surface area contributed by atoms with Crippen LogP contribution in [0.2, 0.25) is 0 Å². The van der Waals surface area contributed by atoms with Gasteiger partial charge in [-0.2, -0.15) is 4.57 Å². The summed E-state index contributed by atoms with van der Waals surface area (Å²) in [5.74, 6) is 0.889. The summed E-state index contributed by atoms with van der Waals surface area (Å²) in [7, 11) is 1.88. The molecule has 0 unspecified atom stereocenters. The zero-order valence-corrected chi connectivity index (χ0v) is 4.38. The van der Waals surface area contributed by atoms with E-state index >= 15 is 0 Å². The molecule has 0 spiro atoms. The third-order valence-electron chi connectivity index (χ3n) is 0.901. The van der Waals surface area contributed by atoms with E-state index in [2.05, 4.69) is 9.68 Å². The summed E-state index contributed by atoms with van der Waals surface area (Å²) in [5, 5.41) is 3.60. The molecule has 0 bridgehead atoms. The lowest BCUT2D eigenvalue weighted by Crippen LogP contribution is -2.27. The van der Waals surface area contributed by atoms with Crippen LogP contribution in [0, 0.1) is 6.92 Å². The van der Waals surface area contributed by atoms with Gasteiger partial charge in [-0.3, -0.25) is 0 Å². The predicted octanol–water partition coefficient (Wildman–Crippen LogP) is -0.192. The van der Waals surface area contributed by atoms with Crippen molar-refractivity contribution < 1.29 is 9.09 Å². The Hall–Kier alpha value is -0.860. The zero-order chi connectivity index (χ0) is 5.28. The molecule has 0 aliphatic rings. The van der Waals surface area contributed by atoms with Gasteiger partial charge in [-0.25, -0.2) is 4.52 Å². The average molecular weight is 99.1 g/mol. The van der Waals surface area contributed by atoms with Crippen molar-refractivity contribution in [2.24, 2.45) is 7.05 Å². The van der Waals surface area contributed by atoms with Crippen molar-refractivity contribution in [1.82, 2.24) is 5.16 Å². The summed E-state index contributed by atoms with van der Waals surface area (Å²) in [4.78, 5) is 0. The Balaban J connectivity index is 3.12. The lowest BCUT2D eigenvalue weighted by molar-refractivity contribution is -0.681. The minimum Gasteiger partial charge on any atom is -0.222 e. The SMILES string of the molecule is Cc1noc[n+]1C. The minimum absolute atomic E-state index is 0.889. The van der Waals surface area contributed by atoms with E-state index < -0.39 is 0 Å². The lowest BCUT2D eigenvalue weighted by atomic mass is 10.7. The van der Waals surface area contributed by atoms with E-state index in [9.17, 15) is 0 Å². The van der Waals surface area contributed by atoms with Gasteiger partial charge >= 0.3 is 12.2 Å². The Morgan fingerprint density at radius 3 is 2.71 bits per heavy atom. The molecular formula is C4H7N2O+. The number of aromatic nitrogens is 2. The van der Waals surface area contributed by atoms with E-state index in [4.69, 9.17) is 0 Å². The first-order valence-electron chi connectivity index (χ1n) is 2.07. The van der Waals surface area contributed by atoms with Crippen LogP contribution in [0.4, 0.5) is 0 Å². The molecule has 38 valence electrons. The number of hydrogen-bond acceptors (Lipinski definition) is 2. The molecule has 0 N–H and O–H groups in total. The van der Waals surface area contributed by atoms with Gasteiger partial charge in [0.05, 0.1) is 7.05 Å². The van der Waals surface area contributed by atoms with Gasteiger partial charge in [-0.05, 0) is 0 Å². The molecule has 3 nitrogen and oxygen atoms in total. The van der Waals surface area contributed by atoms with Crippen molar-refractivity contribution in [1.29, 1.82) is 0 Å². The number of rotatable bonds is 0. The highest BCUT2D eigenvalue weighted by Crippen LogP contribution is 1.75. The number of hydrogen-bond donors (Lipinski definition) is 0. The van der Waals surface area contributed by atoms with Crippen LogP contribution >= 0.6 is 0 Å². The molecule has 1 rings (SSSR count). The second-order valence-electron chi connectivity index (χ2n) is 1.46. The average Bonchev–Trinajstić information content (AvgIpc) is 1.91. The molecule has 0 aromatic carbocycles. The normalized spacial score (nSPS) is 9.43. The maximum atomic E-state index is 4.56. The monoisotopic (exact) mass is 99.1 g/mol.